The lowest BCUT2D eigenvalue weighted by molar-refractivity contribution is 0.0849. The summed E-state index contributed by atoms with van der Waals surface area (Å²) < 4.78 is 0. The van der Waals surface area contributed by atoms with Crippen molar-refractivity contribution < 1.29 is 0 Å². The van der Waals surface area contributed by atoms with E-state index in [1.807, 2.05) is 0 Å². The predicted octanol–water partition coefficient (Wildman–Crippen LogP) is 0.783. The summed E-state index contributed by atoms with van der Waals surface area (Å²) in [6, 6.07) is 0.674. The zero-order chi connectivity index (χ0) is 10.1. The highest BCUT2D eigenvalue weighted by Gasteiger charge is 2.37. The van der Waals surface area contributed by atoms with Crippen molar-refractivity contribution in [2.24, 2.45) is 11.8 Å². The summed E-state index contributed by atoms with van der Waals surface area (Å²) in [5.74, 6) is 1.87. The molecule has 1 N–H and O–H groups in total. The van der Waals surface area contributed by atoms with E-state index < -0.39 is 0 Å². The third-order valence-corrected chi connectivity index (χ3v) is 3.70. The van der Waals surface area contributed by atoms with Crippen LogP contribution in [0.5, 0.6) is 0 Å². The highest BCUT2D eigenvalue weighted by Crippen LogP contribution is 2.40. The normalized spacial score (nSPS) is 37.1. The van der Waals surface area contributed by atoms with Crippen molar-refractivity contribution >= 4 is 0 Å². The minimum atomic E-state index is 0.674. The SMILES string of the molecule is CC1CC1C(C)NN1CCN(C)CC1. The Morgan fingerprint density at radius 1 is 1.21 bits per heavy atom. The first-order valence-electron chi connectivity index (χ1n) is 5.86. The topological polar surface area (TPSA) is 18.5 Å². The molecule has 3 atom stereocenters. The number of nitrogens with one attached hydrogen (secondary N) is 1. The van der Waals surface area contributed by atoms with Crippen LogP contribution < -0.4 is 5.43 Å². The molecule has 1 saturated heterocycles. The van der Waals surface area contributed by atoms with E-state index in [-0.39, 0.29) is 0 Å². The van der Waals surface area contributed by atoms with Gasteiger partial charge in [-0.05, 0) is 32.2 Å². The lowest BCUT2D eigenvalue weighted by Gasteiger charge is -2.34. The second-order valence-corrected chi connectivity index (χ2v) is 5.08. The Morgan fingerprint density at radius 2 is 1.79 bits per heavy atom. The summed E-state index contributed by atoms with van der Waals surface area (Å²) >= 11 is 0. The molecule has 82 valence electrons. The monoisotopic (exact) mass is 197 g/mol. The van der Waals surface area contributed by atoms with E-state index in [1.165, 1.54) is 32.6 Å². The van der Waals surface area contributed by atoms with Gasteiger partial charge < -0.3 is 4.90 Å². The van der Waals surface area contributed by atoms with Crippen LogP contribution in [0.3, 0.4) is 0 Å². The molecule has 0 radical (unpaired) electrons. The Balaban J connectivity index is 1.69. The van der Waals surface area contributed by atoms with Gasteiger partial charge in [0, 0.05) is 32.2 Å². The van der Waals surface area contributed by atoms with Crippen LogP contribution in [0.15, 0.2) is 0 Å². The maximum atomic E-state index is 3.64. The van der Waals surface area contributed by atoms with Crippen molar-refractivity contribution in [1.29, 1.82) is 0 Å². The molecule has 0 aromatic heterocycles. The van der Waals surface area contributed by atoms with Crippen molar-refractivity contribution in [1.82, 2.24) is 15.3 Å². The number of hydrazine groups is 1. The van der Waals surface area contributed by atoms with Gasteiger partial charge in [-0.1, -0.05) is 6.92 Å². The summed E-state index contributed by atoms with van der Waals surface area (Å²) in [7, 11) is 2.20. The molecule has 2 fully saturated rings. The second kappa shape index (κ2) is 4.17. The van der Waals surface area contributed by atoms with E-state index in [4.69, 9.17) is 0 Å². The van der Waals surface area contributed by atoms with Gasteiger partial charge in [0.2, 0.25) is 0 Å². The Labute approximate surface area is 87.4 Å². The van der Waals surface area contributed by atoms with E-state index in [0.29, 0.717) is 6.04 Å². The molecule has 1 aliphatic heterocycles. The first-order chi connectivity index (χ1) is 6.66. The Bertz CT molecular complexity index is 187. The summed E-state index contributed by atoms with van der Waals surface area (Å²) in [4.78, 5) is 2.39. The molecule has 0 amide bonds. The molecule has 0 aromatic rings. The lowest BCUT2D eigenvalue weighted by Crippen LogP contribution is -2.53. The van der Waals surface area contributed by atoms with Crippen LogP contribution in [-0.2, 0) is 0 Å². The number of hydrogen-bond donors (Lipinski definition) is 1. The molecule has 2 aliphatic rings. The van der Waals surface area contributed by atoms with E-state index in [9.17, 15) is 0 Å². The molecule has 0 spiro atoms. The van der Waals surface area contributed by atoms with Crippen LogP contribution in [0.4, 0.5) is 0 Å². The highest BCUT2D eigenvalue weighted by atomic mass is 15.5. The third kappa shape index (κ3) is 2.47. The Kier molecular flexibility index (Phi) is 3.10. The summed E-state index contributed by atoms with van der Waals surface area (Å²) in [6.07, 6.45) is 1.42. The van der Waals surface area contributed by atoms with Gasteiger partial charge in [0.05, 0.1) is 0 Å². The fourth-order valence-corrected chi connectivity index (χ4v) is 2.37. The molecular formula is C11H23N3. The summed E-state index contributed by atoms with van der Waals surface area (Å²) in [6.45, 7) is 9.41. The quantitative estimate of drug-likeness (QED) is 0.721. The third-order valence-electron chi connectivity index (χ3n) is 3.70. The van der Waals surface area contributed by atoms with Crippen LogP contribution in [0.25, 0.3) is 0 Å². The zero-order valence-corrected chi connectivity index (χ0v) is 9.66. The van der Waals surface area contributed by atoms with Crippen LogP contribution in [0.2, 0.25) is 0 Å². The lowest BCUT2D eigenvalue weighted by atomic mass is 10.2. The van der Waals surface area contributed by atoms with Gasteiger partial charge in [0.25, 0.3) is 0 Å². The van der Waals surface area contributed by atoms with Crippen LogP contribution in [-0.4, -0.2) is 49.2 Å². The molecule has 14 heavy (non-hydrogen) atoms. The van der Waals surface area contributed by atoms with Gasteiger partial charge in [0.1, 0.15) is 0 Å². The highest BCUT2D eigenvalue weighted by molar-refractivity contribution is 4.89. The van der Waals surface area contributed by atoms with Crippen LogP contribution in [0.1, 0.15) is 20.3 Å². The number of nitrogens with zero attached hydrogens (tertiary/aromatic N) is 2. The van der Waals surface area contributed by atoms with Crippen molar-refractivity contribution in [3.63, 3.8) is 0 Å². The van der Waals surface area contributed by atoms with E-state index in [1.54, 1.807) is 0 Å². The fourth-order valence-electron chi connectivity index (χ4n) is 2.37. The minimum Gasteiger partial charge on any atom is -0.304 e. The number of likely N-dealkylation sites (N-methyl/N-ethyl adjacent to an activating group) is 1. The van der Waals surface area contributed by atoms with E-state index in [2.05, 4.69) is 36.2 Å². The number of hydrogen-bond acceptors (Lipinski definition) is 3. The standard InChI is InChI=1S/C11H23N3/c1-9-8-11(9)10(2)12-14-6-4-13(3)5-7-14/h9-12H,4-8H2,1-3H3. The molecule has 3 nitrogen and oxygen atoms in total. The van der Waals surface area contributed by atoms with E-state index in [0.717, 1.165) is 11.8 Å². The van der Waals surface area contributed by atoms with Gasteiger partial charge in [-0.25, -0.2) is 5.01 Å². The predicted molar refractivity (Wildman–Crippen MR) is 58.9 cm³/mol. The molecule has 2 rings (SSSR count). The second-order valence-electron chi connectivity index (χ2n) is 5.08. The Morgan fingerprint density at radius 3 is 2.29 bits per heavy atom. The first-order valence-corrected chi connectivity index (χ1v) is 5.86. The van der Waals surface area contributed by atoms with Gasteiger partial charge in [-0.3, -0.25) is 5.43 Å². The zero-order valence-electron chi connectivity index (χ0n) is 9.66. The number of piperazine rings is 1. The number of rotatable bonds is 3. The van der Waals surface area contributed by atoms with Crippen molar-refractivity contribution in [2.45, 2.75) is 26.3 Å². The summed E-state index contributed by atoms with van der Waals surface area (Å²) in [5.41, 5.74) is 3.64. The Hall–Kier alpha value is -0.120. The maximum Gasteiger partial charge on any atom is 0.0259 e. The van der Waals surface area contributed by atoms with Gasteiger partial charge in [0.15, 0.2) is 0 Å². The van der Waals surface area contributed by atoms with Crippen LogP contribution in [0, 0.1) is 11.8 Å². The molecule has 1 heterocycles. The minimum absolute atomic E-state index is 0.674. The van der Waals surface area contributed by atoms with Gasteiger partial charge >= 0.3 is 0 Å². The van der Waals surface area contributed by atoms with Gasteiger partial charge in [-0.15, -0.1) is 0 Å². The van der Waals surface area contributed by atoms with Gasteiger partial charge in [-0.2, -0.15) is 0 Å². The smallest absolute Gasteiger partial charge is 0.0259 e. The van der Waals surface area contributed by atoms with Crippen molar-refractivity contribution in [3.8, 4) is 0 Å². The molecule has 3 heteroatoms. The average Bonchev–Trinajstić information content (AvgIpc) is 2.87. The molecule has 1 saturated carbocycles. The van der Waals surface area contributed by atoms with E-state index >= 15 is 0 Å². The fraction of sp³-hybridized carbons (Fsp3) is 1.00. The average molecular weight is 197 g/mol. The first kappa shape index (κ1) is 10.4. The molecule has 3 unspecified atom stereocenters. The maximum absolute atomic E-state index is 3.64. The molecule has 0 aromatic carbocycles. The summed E-state index contributed by atoms with van der Waals surface area (Å²) in [5, 5.41) is 2.40. The molecule has 1 aliphatic carbocycles. The van der Waals surface area contributed by atoms with Crippen LogP contribution >= 0.6 is 0 Å². The van der Waals surface area contributed by atoms with Crippen molar-refractivity contribution in [3.05, 3.63) is 0 Å². The largest absolute Gasteiger partial charge is 0.304 e. The van der Waals surface area contributed by atoms with Crippen molar-refractivity contribution in [2.75, 3.05) is 33.2 Å². The molecule has 0 bridgehead atoms. The molecular weight excluding hydrogens is 174 g/mol.